The third kappa shape index (κ3) is 3.88. The van der Waals surface area contributed by atoms with E-state index >= 15 is 0 Å². The molecule has 0 fully saturated rings. The number of phenolic OH excluding ortho intramolecular Hbond substituents is 1. The SMILES string of the molecule is Oc1ccc(CNc2c(Br)cc(Br)cc2Br)cc1Cl. The van der Waals surface area contributed by atoms with E-state index in [0.29, 0.717) is 11.6 Å². The highest BCUT2D eigenvalue weighted by molar-refractivity contribution is 9.11. The normalized spacial score (nSPS) is 10.5. The van der Waals surface area contributed by atoms with Crippen molar-refractivity contribution in [2.75, 3.05) is 5.32 Å². The van der Waals surface area contributed by atoms with Crippen LogP contribution in [-0.4, -0.2) is 5.11 Å². The van der Waals surface area contributed by atoms with E-state index in [2.05, 4.69) is 53.1 Å². The van der Waals surface area contributed by atoms with Gasteiger partial charge < -0.3 is 10.4 Å². The van der Waals surface area contributed by atoms with Crippen LogP contribution >= 0.6 is 59.4 Å². The van der Waals surface area contributed by atoms with Crippen molar-refractivity contribution in [3.05, 3.63) is 54.3 Å². The zero-order valence-electron chi connectivity index (χ0n) is 9.55. The van der Waals surface area contributed by atoms with Crippen LogP contribution in [0.15, 0.2) is 43.7 Å². The summed E-state index contributed by atoms with van der Waals surface area (Å²) in [6, 6.07) is 9.10. The van der Waals surface area contributed by atoms with Gasteiger partial charge in [0.2, 0.25) is 0 Å². The van der Waals surface area contributed by atoms with Gasteiger partial charge in [-0.15, -0.1) is 0 Å². The van der Waals surface area contributed by atoms with Gasteiger partial charge in [0, 0.05) is 20.0 Å². The molecule has 2 rings (SSSR count). The number of hydrogen-bond donors (Lipinski definition) is 2. The van der Waals surface area contributed by atoms with Crippen molar-refractivity contribution in [1.29, 1.82) is 0 Å². The molecule has 0 saturated carbocycles. The Kier molecular flexibility index (Phi) is 5.17. The number of nitrogens with one attached hydrogen (secondary N) is 1. The summed E-state index contributed by atoms with van der Waals surface area (Å²) in [5.41, 5.74) is 1.96. The highest BCUT2D eigenvalue weighted by atomic mass is 79.9. The van der Waals surface area contributed by atoms with Gasteiger partial charge in [0.05, 0.1) is 10.7 Å². The lowest BCUT2D eigenvalue weighted by molar-refractivity contribution is 0.475. The van der Waals surface area contributed by atoms with Crippen LogP contribution in [-0.2, 0) is 6.54 Å². The summed E-state index contributed by atoms with van der Waals surface area (Å²) in [5.74, 6) is 0.0939. The Bertz CT molecular complexity index is 596. The van der Waals surface area contributed by atoms with E-state index < -0.39 is 0 Å². The molecule has 2 N–H and O–H groups in total. The molecule has 0 radical (unpaired) electrons. The van der Waals surface area contributed by atoms with Gasteiger partial charge in [0.1, 0.15) is 5.75 Å². The zero-order valence-corrected chi connectivity index (χ0v) is 15.1. The fourth-order valence-electron chi connectivity index (χ4n) is 1.56. The fraction of sp³-hybridized carbons (Fsp3) is 0.0769. The molecular formula is C13H9Br3ClNO. The quantitative estimate of drug-likeness (QED) is 0.582. The second-order valence-corrected chi connectivity index (χ2v) is 6.92. The van der Waals surface area contributed by atoms with Crippen LogP contribution in [0.5, 0.6) is 5.75 Å². The molecule has 0 heterocycles. The van der Waals surface area contributed by atoms with Gasteiger partial charge in [-0.2, -0.15) is 0 Å². The minimum atomic E-state index is 0.0939. The molecule has 0 aromatic heterocycles. The maximum Gasteiger partial charge on any atom is 0.134 e. The van der Waals surface area contributed by atoms with E-state index in [-0.39, 0.29) is 5.75 Å². The van der Waals surface area contributed by atoms with Gasteiger partial charge in [0.15, 0.2) is 0 Å². The molecule has 0 amide bonds. The molecule has 0 bridgehead atoms. The topological polar surface area (TPSA) is 32.3 Å². The van der Waals surface area contributed by atoms with E-state index in [0.717, 1.165) is 24.7 Å². The number of benzene rings is 2. The number of aromatic hydroxyl groups is 1. The molecule has 0 atom stereocenters. The first-order valence-corrected chi connectivity index (χ1v) is 8.09. The van der Waals surface area contributed by atoms with Crippen molar-refractivity contribution in [1.82, 2.24) is 0 Å². The van der Waals surface area contributed by atoms with Gasteiger partial charge in [0.25, 0.3) is 0 Å². The Morgan fingerprint density at radius 2 is 1.68 bits per heavy atom. The smallest absolute Gasteiger partial charge is 0.134 e. The molecule has 0 spiro atoms. The molecule has 0 aliphatic heterocycles. The molecule has 6 heteroatoms. The first-order valence-electron chi connectivity index (χ1n) is 5.33. The second-order valence-electron chi connectivity index (χ2n) is 3.88. The molecule has 0 aliphatic rings. The van der Waals surface area contributed by atoms with Gasteiger partial charge >= 0.3 is 0 Å². The number of rotatable bonds is 3. The van der Waals surface area contributed by atoms with Crippen molar-refractivity contribution in [3.8, 4) is 5.75 Å². The van der Waals surface area contributed by atoms with Crippen LogP contribution < -0.4 is 5.32 Å². The van der Waals surface area contributed by atoms with E-state index in [1.54, 1.807) is 12.1 Å². The maximum absolute atomic E-state index is 9.38. The first-order chi connectivity index (χ1) is 8.97. The predicted molar refractivity (Wildman–Crippen MR) is 90.0 cm³/mol. The van der Waals surface area contributed by atoms with Gasteiger partial charge in [-0.3, -0.25) is 0 Å². The minimum absolute atomic E-state index is 0.0939. The van der Waals surface area contributed by atoms with Crippen molar-refractivity contribution < 1.29 is 5.11 Å². The summed E-state index contributed by atoms with van der Waals surface area (Å²) >= 11 is 16.3. The third-order valence-electron chi connectivity index (χ3n) is 2.49. The summed E-state index contributed by atoms with van der Waals surface area (Å²) < 4.78 is 2.90. The molecule has 0 saturated heterocycles. The van der Waals surface area contributed by atoms with Crippen molar-refractivity contribution >= 4 is 65.1 Å². The van der Waals surface area contributed by atoms with Crippen molar-refractivity contribution in [3.63, 3.8) is 0 Å². The van der Waals surface area contributed by atoms with Crippen LogP contribution in [0.2, 0.25) is 5.02 Å². The van der Waals surface area contributed by atoms with E-state index in [9.17, 15) is 5.11 Å². The monoisotopic (exact) mass is 467 g/mol. The Hall–Kier alpha value is -0.230. The average Bonchev–Trinajstić information content (AvgIpc) is 2.32. The Labute approximate surface area is 141 Å². The molecule has 2 aromatic carbocycles. The van der Waals surface area contributed by atoms with Crippen LogP contribution in [0.1, 0.15) is 5.56 Å². The van der Waals surface area contributed by atoms with Crippen LogP contribution in [0.3, 0.4) is 0 Å². The van der Waals surface area contributed by atoms with Crippen LogP contribution in [0.25, 0.3) is 0 Å². The summed E-state index contributed by atoms with van der Waals surface area (Å²) in [6.07, 6.45) is 0. The zero-order chi connectivity index (χ0) is 14.0. The summed E-state index contributed by atoms with van der Waals surface area (Å²) in [4.78, 5) is 0. The number of hydrogen-bond acceptors (Lipinski definition) is 2. The lowest BCUT2D eigenvalue weighted by atomic mass is 10.2. The highest BCUT2D eigenvalue weighted by Gasteiger charge is 2.07. The standard InChI is InChI=1S/C13H9Br3ClNO/c14-8-4-9(15)13(10(16)5-8)18-6-7-1-2-12(19)11(17)3-7/h1-5,18-19H,6H2. The van der Waals surface area contributed by atoms with Crippen LogP contribution in [0, 0.1) is 0 Å². The maximum atomic E-state index is 9.38. The van der Waals surface area contributed by atoms with Gasteiger partial charge in [-0.05, 0) is 61.7 Å². The lowest BCUT2D eigenvalue weighted by Crippen LogP contribution is -2.01. The molecule has 2 aromatic rings. The molecule has 0 unspecified atom stereocenters. The molecule has 2 nitrogen and oxygen atoms in total. The highest BCUT2D eigenvalue weighted by Crippen LogP contribution is 2.34. The first kappa shape index (κ1) is 15.2. The van der Waals surface area contributed by atoms with E-state index in [1.165, 1.54) is 0 Å². The molecular weight excluding hydrogens is 461 g/mol. The number of halogens is 4. The predicted octanol–water partition coefficient (Wildman–Crippen LogP) is 5.95. The summed E-state index contributed by atoms with van der Waals surface area (Å²) in [7, 11) is 0. The average molecular weight is 470 g/mol. The Morgan fingerprint density at radius 1 is 1.05 bits per heavy atom. The molecule has 100 valence electrons. The summed E-state index contributed by atoms with van der Waals surface area (Å²) in [6.45, 7) is 0.610. The van der Waals surface area contributed by atoms with Crippen molar-refractivity contribution in [2.45, 2.75) is 6.54 Å². The largest absolute Gasteiger partial charge is 0.506 e. The molecule has 19 heavy (non-hydrogen) atoms. The van der Waals surface area contributed by atoms with Gasteiger partial charge in [-0.25, -0.2) is 0 Å². The lowest BCUT2D eigenvalue weighted by Gasteiger charge is -2.12. The third-order valence-corrected chi connectivity index (χ3v) is 4.50. The Morgan fingerprint density at radius 3 is 2.26 bits per heavy atom. The van der Waals surface area contributed by atoms with Crippen LogP contribution in [0.4, 0.5) is 5.69 Å². The summed E-state index contributed by atoms with van der Waals surface area (Å²) in [5, 5.41) is 13.0. The van der Waals surface area contributed by atoms with Gasteiger partial charge in [-0.1, -0.05) is 33.6 Å². The molecule has 0 aliphatic carbocycles. The van der Waals surface area contributed by atoms with E-state index in [1.807, 2.05) is 18.2 Å². The fourth-order valence-corrected chi connectivity index (χ4v) is 4.30. The van der Waals surface area contributed by atoms with E-state index in [4.69, 9.17) is 11.6 Å². The number of phenols is 1. The minimum Gasteiger partial charge on any atom is -0.506 e. The Balaban J connectivity index is 2.16. The second kappa shape index (κ2) is 6.48. The number of anilines is 1. The van der Waals surface area contributed by atoms with Crippen molar-refractivity contribution in [2.24, 2.45) is 0 Å².